The number of ketones is 2. The van der Waals surface area contributed by atoms with Gasteiger partial charge in [0.1, 0.15) is 11.4 Å². The Hall–Kier alpha value is -6.66. The maximum absolute atomic E-state index is 14.7. The van der Waals surface area contributed by atoms with Gasteiger partial charge in [-0.2, -0.15) is 0 Å². The molecule has 0 radical (unpaired) electrons. The molecule has 0 saturated heterocycles. The van der Waals surface area contributed by atoms with E-state index in [0.29, 0.717) is 26.2 Å². The molecule has 0 unspecified atom stereocenters. The number of rotatable bonds is 2. The highest BCUT2D eigenvalue weighted by Crippen LogP contribution is 2.45. The molecule has 12 rings (SSSR count). The fourth-order valence-electron chi connectivity index (χ4n) is 9.70. The molecule has 6 aromatic carbocycles. The van der Waals surface area contributed by atoms with Gasteiger partial charge in [-0.3, -0.25) is 9.59 Å². The average molecular weight is 671 g/mol. The first-order valence-electron chi connectivity index (χ1n) is 18.0. The maximum Gasteiger partial charge on any atom is 0.213 e. The summed E-state index contributed by atoms with van der Waals surface area (Å²) in [6.07, 6.45) is 0. The van der Waals surface area contributed by atoms with Gasteiger partial charge >= 0.3 is 0 Å². The van der Waals surface area contributed by atoms with Gasteiger partial charge in [0.15, 0.2) is 0 Å². The predicted molar refractivity (Wildman–Crippen MR) is 208 cm³/mol. The van der Waals surface area contributed by atoms with Crippen molar-refractivity contribution in [3.05, 3.63) is 155 Å². The minimum Gasteiger partial charge on any atom is -0.336 e. The summed E-state index contributed by atoms with van der Waals surface area (Å²) in [5, 5.41) is 8.53. The molecule has 0 fully saturated rings. The van der Waals surface area contributed by atoms with Crippen LogP contribution in [-0.4, -0.2) is 33.8 Å². The van der Waals surface area contributed by atoms with E-state index < -0.39 is 0 Å². The van der Waals surface area contributed by atoms with E-state index in [1.165, 1.54) is 0 Å². The van der Waals surface area contributed by atoms with Crippen molar-refractivity contribution in [2.75, 3.05) is 22.9 Å². The quantitative estimate of drug-likeness (QED) is 0.189. The molecule has 4 aliphatic heterocycles. The van der Waals surface area contributed by atoms with Crippen LogP contribution in [0.25, 0.3) is 66.2 Å². The van der Waals surface area contributed by atoms with Crippen molar-refractivity contribution >= 4 is 66.7 Å². The lowest BCUT2D eigenvalue weighted by Crippen LogP contribution is -2.41. The number of aromatic nitrogens is 2. The molecule has 6 heterocycles. The Bertz CT molecular complexity index is 2870. The first-order chi connectivity index (χ1) is 25.7. The lowest BCUT2D eigenvalue weighted by Gasteiger charge is -2.29. The van der Waals surface area contributed by atoms with Crippen molar-refractivity contribution in [3.8, 4) is 22.5 Å². The summed E-state index contributed by atoms with van der Waals surface area (Å²) < 4.78 is 4.81. The van der Waals surface area contributed by atoms with Crippen LogP contribution in [-0.2, 0) is 13.1 Å². The molecule has 2 aromatic heterocycles. The molecule has 246 valence electrons. The Labute approximate surface area is 298 Å². The van der Waals surface area contributed by atoms with Crippen LogP contribution in [0.3, 0.4) is 0 Å². The number of anilines is 2. The molecule has 4 aliphatic rings. The van der Waals surface area contributed by atoms with Crippen molar-refractivity contribution in [1.82, 2.24) is 9.13 Å². The molecule has 0 saturated carbocycles. The number of para-hydroxylation sites is 2. The normalized spacial score (nSPS) is 15.7. The fourth-order valence-corrected chi connectivity index (χ4v) is 9.70. The van der Waals surface area contributed by atoms with Gasteiger partial charge < -0.3 is 18.9 Å². The van der Waals surface area contributed by atoms with E-state index in [4.69, 9.17) is 0 Å². The van der Waals surface area contributed by atoms with Crippen LogP contribution in [0.2, 0.25) is 0 Å². The van der Waals surface area contributed by atoms with Gasteiger partial charge in [0.05, 0.1) is 33.5 Å². The molecule has 0 aliphatic carbocycles. The molecule has 0 spiro atoms. The van der Waals surface area contributed by atoms with Gasteiger partial charge in [-0.15, -0.1) is 0 Å². The van der Waals surface area contributed by atoms with E-state index in [2.05, 4.69) is 116 Å². The average Bonchev–Trinajstić information content (AvgIpc) is 3.89. The van der Waals surface area contributed by atoms with Crippen LogP contribution in [0.15, 0.2) is 133 Å². The summed E-state index contributed by atoms with van der Waals surface area (Å²) in [7, 11) is 0. The van der Waals surface area contributed by atoms with E-state index in [-0.39, 0.29) is 11.6 Å². The highest BCUT2D eigenvalue weighted by molar-refractivity contribution is 6.37. The van der Waals surface area contributed by atoms with Gasteiger partial charge in [-0.25, -0.2) is 0 Å². The third-order valence-electron chi connectivity index (χ3n) is 11.8. The standard InChI is InChI=1S/C46H30N4O2/c51-45-33-17-5-8-22-36(33)48-24-26-50-40(32-20-10-14-28-12-2-4-16-30(28)32)38-37(41(50)43(45)48)39(31-19-9-13-27-11-1-3-15-29(27)31)49-25-23-47-35-21-7-6-18-34(35)46(52)44(47)42(38)49/h1-22H,23-26H2. The number of nitrogens with zero attached hydrogens (tertiary/aromatic N) is 4. The van der Waals surface area contributed by atoms with Crippen LogP contribution in [0, 0.1) is 0 Å². The van der Waals surface area contributed by atoms with Gasteiger partial charge in [-0.05, 0) is 45.8 Å². The Kier molecular flexibility index (Phi) is 5.39. The van der Waals surface area contributed by atoms with Crippen LogP contribution in [0.5, 0.6) is 0 Å². The first kappa shape index (κ1) is 28.1. The van der Waals surface area contributed by atoms with Gasteiger partial charge in [0.2, 0.25) is 11.6 Å². The number of carbonyl (C=O) groups is 2. The Morgan fingerprint density at radius 3 is 1.25 bits per heavy atom. The summed E-state index contributed by atoms with van der Waals surface area (Å²) in [6, 6.07) is 46.1. The summed E-state index contributed by atoms with van der Waals surface area (Å²) >= 11 is 0. The summed E-state index contributed by atoms with van der Waals surface area (Å²) in [6.45, 7) is 2.73. The number of carbonyl (C=O) groups excluding carboxylic acids is 2. The maximum atomic E-state index is 14.7. The molecular formula is C46H30N4O2. The first-order valence-corrected chi connectivity index (χ1v) is 18.0. The van der Waals surface area contributed by atoms with Crippen LogP contribution >= 0.6 is 0 Å². The minimum atomic E-state index is 0.0482. The fraction of sp³-hybridized carbons (Fsp3) is 0.0870. The second kappa shape index (κ2) is 9.98. The number of hydrogen-bond donors (Lipinski definition) is 0. The Morgan fingerprint density at radius 2 is 0.769 bits per heavy atom. The molecule has 52 heavy (non-hydrogen) atoms. The third kappa shape index (κ3) is 3.39. The molecule has 0 amide bonds. The largest absolute Gasteiger partial charge is 0.336 e. The summed E-state index contributed by atoms with van der Waals surface area (Å²) in [5.41, 5.74) is 9.17. The number of benzene rings is 6. The molecule has 6 nitrogen and oxygen atoms in total. The highest BCUT2D eigenvalue weighted by atomic mass is 16.1. The summed E-state index contributed by atoms with van der Waals surface area (Å²) in [5.74, 6) is 0.0965. The van der Waals surface area contributed by atoms with E-state index in [9.17, 15) is 9.59 Å². The second-order valence-corrected chi connectivity index (χ2v) is 14.2. The molecular weight excluding hydrogens is 641 g/mol. The van der Waals surface area contributed by atoms with E-state index in [0.717, 1.165) is 99.4 Å². The van der Waals surface area contributed by atoms with E-state index >= 15 is 0 Å². The van der Waals surface area contributed by atoms with Crippen LogP contribution in [0.1, 0.15) is 20.7 Å². The van der Waals surface area contributed by atoms with Gasteiger partial charge in [0.25, 0.3) is 0 Å². The van der Waals surface area contributed by atoms with E-state index in [1.54, 1.807) is 0 Å². The Balaban J connectivity index is 1.37. The predicted octanol–water partition coefficient (Wildman–Crippen LogP) is 7.73. The monoisotopic (exact) mass is 670 g/mol. The zero-order valence-corrected chi connectivity index (χ0v) is 28.1. The third-order valence-corrected chi connectivity index (χ3v) is 11.8. The van der Waals surface area contributed by atoms with Crippen LogP contribution in [0.4, 0.5) is 11.4 Å². The zero-order valence-electron chi connectivity index (χ0n) is 28.1. The SMILES string of the molecule is O=C1C2=c3c4c(-c5cccc6ccccc56)n5c(c4c(-c4cccc6ccccc46)n3CCN2c2ccccc21)=C1C(=O)c2ccccc2N1CC5. The van der Waals surface area contributed by atoms with Gasteiger partial charge in [0, 0.05) is 59.2 Å². The van der Waals surface area contributed by atoms with Crippen LogP contribution < -0.4 is 20.5 Å². The number of hydrogen-bond acceptors (Lipinski definition) is 4. The van der Waals surface area contributed by atoms with Crippen molar-refractivity contribution in [1.29, 1.82) is 0 Å². The Morgan fingerprint density at radius 1 is 0.385 bits per heavy atom. The van der Waals surface area contributed by atoms with Crippen molar-refractivity contribution < 1.29 is 9.59 Å². The van der Waals surface area contributed by atoms with Crippen molar-refractivity contribution in [2.24, 2.45) is 0 Å². The summed E-state index contributed by atoms with van der Waals surface area (Å²) in [4.78, 5) is 33.9. The van der Waals surface area contributed by atoms with Crippen molar-refractivity contribution in [2.45, 2.75) is 13.1 Å². The van der Waals surface area contributed by atoms with Gasteiger partial charge in [-0.1, -0.05) is 109 Å². The van der Waals surface area contributed by atoms with E-state index in [1.807, 2.05) is 36.4 Å². The number of fused-ring (bicyclic) bond motifs is 13. The smallest absolute Gasteiger partial charge is 0.213 e. The lowest BCUT2D eigenvalue weighted by molar-refractivity contribution is 0.105. The molecule has 6 heteroatoms. The minimum absolute atomic E-state index is 0.0482. The topological polar surface area (TPSA) is 50.5 Å². The highest BCUT2D eigenvalue weighted by Gasteiger charge is 2.42. The van der Waals surface area contributed by atoms with Crippen molar-refractivity contribution in [3.63, 3.8) is 0 Å². The zero-order chi connectivity index (χ0) is 34.2. The molecule has 0 N–H and O–H groups in total. The molecule has 0 atom stereocenters. The molecule has 8 aromatic rings. The molecule has 0 bridgehead atoms. The second-order valence-electron chi connectivity index (χ2n) is 14.2. The number of Topliss-reactive ketones (excluding diaryl/α,β-unsaturated/α-hetero) is 2. The lowest BCUT2D eigenvalue weighted by atomic mass is 9.98.